The van der Waals surface area contributed by atoms with E-state index in [2.05, 4.69) is 4.72 Å². The number of hydrogen-bond donors (Lipinski definition) is 1. The van der Waals surface area contributed by atoms with Crippen LogP contribution in [-0.4, -0.2) is 8.42 Å². The summed E-state index contributed by atoms with van der Waals surface area (Å²) in [7, 11) is -3.47. The Hall–Kier alpha value is -0.875. The van der Waals surface area contributed by atoms with Gasteiger partial charge < -0.3 is 0 Å². The van der Waals surface area contributed by atoms with Crippen molar-refractivity contribution in [2.24, 2.45) is 0 Å². The maximum absolute atomic E-state index is 12.2. The van der Waals surface area contributed by atoms with E-state index in [0.29, 0.717) is 36.7 Å². The van der Waals surface area contributed by atoms with E-state index in [-0.39, 0.29) is 0 Å². The first kappa shape index (κ1) is 13.6. The second-order valence-electron chi connectivity index (χ2n) is 4.06. The van der Waals surface area contributed by atoms with E-state index in [1.807, 2.05) is 19.1 Å². The normalized spacial score (nSPS) is 11.3. The minimum atomic E-state index is -3.47. The summed E-state index contributed by atoms with van der Waals surface area (Å²) in [6, 6.07) is 14.2. The monoisotopic (exact) mass is 448 g/mol. The molecule has 2 aromatic rings. The third kappa shape index (κ3) is 3.11. The molecule has 0 aliphatic carbocycles. The van der Waals surface area contributed by atoms with E-state index in [9.17, 15) is 8.42 Å². The molecule has 5 heteroatoms. The first-order valence-corrected chi connectivity index (χ1v) is 9.73. The van der Waals surface area contributed by atoms with Gasteiger partial charge in [-0.15, -0.1) is 0 Å². The van der Waals surface area contributed by atoms with Crippen molar-refractivity contribution < 1.29 is 34.5 Å². The molecule has 0 atom stereocenters. The second-order valence-corrected chi connectivity index (χ2v) is 8.70. The molecule has 2 aromatic carbocycles. The van der Waals surface area contributed by atoms with Crippen LogP contribution in [0.2, 0.25) is 0 Å². The molecule has 0 amide bonds. The number of hydrogen-bond acceptors (Lipinski definition) is 2. The average molecular weight is 447 g/mol. The Balaban J connectivity index is 2.34. The summed E-state index contributed by atoms with van der Waals surface area (Å²) < 4.78 is 28.1. The molecule has 89 valence electrons. The number of nitrogens with one attached hydrogen (secondary N) is 1. The van der Waals surface area contributed by atoms with Gasteiger partial charge in [0.05, 0.1) is 0 Å². The summed E-state index contributed by atoms with van der Waals surface area (Å²) >= 11 is 0.415. The Morgan fingerprint density at radius 3 is 2.33 bits per heavy atom. The number of aryl methyl sites for hydroxylation is 1. The van der Waals surface area contributed by atoms with Crippen molar-refractivity contribution >= 4 is 18.8 Å². The van der Waals surface area contributed by atoms with Gasteiger partial charge in [-0.3, -0.25) is 0 Å². The van der Waals surface area contributed by atoms with Crippen molar-refractivity contribution in [3.05, 3.63) is 54.1 Å². The van der Waals surface area contributed by atoms with Crippen LogP contribution in [0.15, 0.2) is 53.4 Å². The van der Waals surface area contributed by atoms with Gasteiger partial charge >= 0.3 is 124 Å². The fourth-order valence-electron chi connectivity index (χ4n) is 1.54. The molecule has 0 fully saturated rings. The summed E-state index contributed by atoms with van der Waals surface area (Å²) in [5, 5.41) is 0. The molecule has 3 nitrogen and oxygen atoms in total. The Morgan fingerprint density at radius 2 is 1.72 bits per heavy atom. The SMILES string of the molecule is Cc1ccc(S(=O)(=O)Nc2ccccc2)c[c]1[Hg]. The molecular formula is C13H12HgNO2S. The first-order valence-electron chi connectivity index (χ1n) is 5.49. The summed E-state index contributed by atoms with van der Waals surface area (Å²) in [5.74, 6) is 0. The van der Waals surface area contributed by atoms with Crippen LogP contribution < -0.4 is 7.79 Å². The predicted octanol–water partition coefficient (Wildman–Crippen LogP) is 1.97. The van der Waals surface area contributed by atoms with Crippen molar-refractivity contribution in [2.75, 3.05) is 4.72 Å². The van der Waals surface area contributed by atoms with E-state index in [1.54, 1.807) is 36.4 Å². The van der Waals surface area contributed by atoms with Gasteiger partial charge in [-0.05, 0) is 0 Å². The number of para-hydroxylation sites is 1. The van der Waals surface area contributed by atoms with Crippen LogP contribution in [0.3, 0.4) is 0 Å². The number of anilines is 1. The minimum absolute atomic E-state index is 0.335. The van der Waals surface area contributed by atoms with Gasteiger partial charge in [0.25, 0.3) is 0 Å². The molecular weight excluding hydrogens is 435 g/mol. The van der Waals surface area contributed by atoms with Gasteiger partial charge in [0, 0.05) is 0 Å². The van der Waals surface area contributed by atoms with E-state index in [1.165, 1.54) is 0 Å². The van der Waals surface area contributed by atoms with E-state index < -0.39 is 10.0 Å². The van der Waals surface area contributed by atoms with Crippen molar-refractivity contribution in [2.45, 2.75) is 11.8 Å². The molecule has 0 aromatic heterocycles. The van der Waals surface area contributed by atoms with Crippen LogP contribution in [0.1, 0.15) is 5.56 Å². The Morgan fingerprint density at radius 1 is 1.06 bits per heavy atom. The zero-order valence-corrected chi connectivity index (χ0v) is 16.4. The van der Waals surface area contributed by atoms with Crippen molar-refractivity contribution in [3.63, 3.8) is 0 Å². The van der Waals surface area contributed by atoms with Crippen LogP contribution in [0.5, 0.6) is 0 Å². The zero-order valence-electron chi connectivity index (χ0n) is 10.1. The molecule has 0 aliphatic rings. The summed E-state index contributed by atoms with van der Waals surface area (Å²) in [6.45, 7) is 2.00. The van der Waals surface area contributed by atoms with Gasteiger partial charge in [0.2, 0.25) is 0 Å². The van der Waals surface area contributed by atoms with E-state index in [0.717, 1.165) is 8.64 Å². The fourth-order valence-corrected chi connectivity index (χ4v) is 4.53. The molecule has 0 saturated heterocycles. The maximum atomic E-state index is 12.2. The standard InChI is InChI=1S/C13H12NO2S.Hg/c1-11-7-9-13(10-8-11)17(15,16)14-12-5-3-2-4-6-12;/h2-7,9-10,14H,1H3;. The Kier molecular flexibility index (Phi) is 4.07. The average Bonchev–Trinajstić information content (AvgIpc) is 2.33. The summed E-state index contributed by atoms with van der Waals surface area (Å²) in [6.07, 6.45) is 0. The molecule has 0 heterocycles. The summed E-state index contributed by atoms with van der Waals surface area (Å²) in [4.78, 5) is 0.335. The van der Waals surface area contributed by atoms with Gasteiger partial charge in [-0.2, -0.15) is 0 Å². The van der Waals surface area contributed by atoms with Gasteiger partial charge in [0.1, 0.15) is 0 Å². The van der Waals surface area contributed by atoms with Crippen molar-refractivity contribution in [1.82, 2.24) is 0 Å². The van der Waals surface area contributed by atoms with Crippen LogP contribution in [0.4, 0.5) is 5.69 Å². The quantitative estimate of drug-likeness (QED) is 0.733. The molecule has 1 N–H and O–H groups in total. The van der Waals surface area contributed by atoms with Crippen LogP contribution >= 0.6 is 0 Å². The Bertz CT molecular complexity index is 654. The van der Waals surface area contributed by atoms with Gasteiger partial charge in [0.15, 0.2) is 0 Å². The van der Waals surface area contributed by atoms with Crippen LogP contribution in [-0.2, 0) is 36.1 Å². The van der Waals surface area contributed by atoms with Crippen LogP contribution in [0.25, 0.3) is 0 Å². The zero-order chi connectivity index (χ0) is 13.2. The molecule has 0 radical (unpaired) electrons. The predicted molar refractivity (Wildman–Crippen MR) is 68.1 cm³/mol. The third-order valence-electron chi connectivity index (χ3n) is 2.66. The van der Waals surface area contributed by atoms with E-state index in [4.69, 9.17) is 0 Å². The van der Waals surface area contributed by atoms with Crippen molar-refractivity contribution in [1.29, 1.82) is 0 Å². The molecule has 0 spiro atoms. The molecule has 0 unspecified atom stereocenters. The topological polar surface area (TPSA) is 46.2 Å². The molecule has 0 bridgehead atoms. The summed E-state index contributed by atoms with van der Waals surface area (Å²) in [5.41, 5.74) is 1.75. The number of sulfonamides is 1. The second kappa shape index (κ2) is 5.40. The van der Waals surface area contributed by atoms with Gasteiger partial charge in [-0.1, -0.05) is 0 Å². The molecule has 18 heavy (non-hydrogen) atoms. The number of rotatable bonds is 3. The van der Waals surface area contributed by atoms with Gasteiger partial charge in [-0.25, -0.2) is 0 Å². The molecule has 0 aliphatic heterocycles. The first-order chi connectivity index (χ1) is 8.49. The molecule has 0 saturated carbocycles. The van der Waals surface area contributed by atoms with Crippen molar-refractivity contribution in [3.8, 4) is 0 Å². The fraction of sp³-hybridized carbons (Fsp3) is 0.0769. The Labute approximate surface area is 123 Å². The van der Waals surface area contributed by atoms with Crippen LogP contribution in [0, 0.1) is 6.92 Å². The molecule has 2 rings (SSSR count). The third-order valence-corrected chi connectivity index (χ3v) is 7.00. The van der Waals surface area contributed by atoms with E-state index >= 15 is 0 Å². The number of benzene rings is 2.